The molecule has 11 heteroatoms. The lowest BCUT2D eigenvalue weighted by Gasteiger charge is -2.28. The standard InChI is InChI=1S/C65H40N6O5/c1-3-69-56-17-7-5-10-44(56)46-28-22-39(35-57(46)69)43-30-32-52-59-48(43)13-9-15-50(59)63(73)71(65(52)75)41-26-20-37(21-27-41)61-67-66-60(76-61)36-18-24-40(25-19-36)70-62(72)49-14-8-12-47-42(29-31-51(58(47)49)64(70)74)38-23-33-55-53(34-38)45-11-4-6-16-54(45)68(55)2/h4-35H,3H2,1-2H3. The van der Waals surface area contributed by atoms with Gasteiger partial charge in [-0.25, -0.2) is 9.80 Å². The molecule has 76 heavy (non-hydrogen) atoms. The molecule has 0 saturated carbocycles. The maximum absolute atomic E-state index is 14.3. The Morgan fingerprint density at radius 1 is 0.368 bits per heavy atom. The Hall–Kier alpha value is -10.3. The predicted molar refractivity (Wildman–Crippen MR) is 299 cm³/mol. The van der Waals surface area contributed by atoms with Crippen LogP contribution in [0.25, 0.3) is 110 Å². The van der Waals surface area contributed by atoms with E-state index in [1.54, 1.807) is 60.7 Å². The zero-order valence-electron chi connectivity index (χ0n) is 40.9. The lowest BCUT2D eigenvalue weighted by molar-refractivity contribution is 0.0877. The number of hydrogen-bond donors (Lipinski definition) is 0. The van der Waals surface area contributed by atoms with Gasteiger partial charge in [-0.2, -0.15) is 0 Å². The first-order valence-corrected chi connectivity index (χ1v) is 25.2. The van der Waals surface area contributed by atoms with Crippen LogP contribution in [-0.4, -0.2) is 43.0 Å². The van der Waals surface area contributed by atoms with E-state index in [2.05, 4.69) is 106 Å². The molecule has 10 aromatic carbocycles. The maximum Gasteiger partial charge on any atom is 0.265 e. The van der Waals surface area contributed by atoms with Gasteiger partial charge >= 0.3 is 0 Å². The maximum atomic E-state index is 14.3. The molecule has 4 amide bonds. The molecule has 0 saturated heterocycles. The normalized spacial score (nSPS) is 13.5. The molecular weight excluding hydrogens is 945 g/mol. The molecule has 0 bridgehead atoms. The number of benzene rings is 10. The number of rotatable bonds is 7. The Morgan fingerprint density at radius 2 is 0.789 bits per heavy atom. The second kappa shape index (κ2) is 16.1. The summed E-state index contributed by atoms with van der Waals surface area (Å²) in [6, 6.07) is 62.2. The van der Waals surface area contributed by atoms with Gasteiger partial charge in [0.25, 0.3) is 23.6 Å². The third-order valence-electron chi connectivity index (χ3n) is 15.6. The average Bonchev–Trinajstić information content (AvgIpc) is 4.28. The monoisotopic (exact) mass is 984 g/mol. The predicted octanol–water partition coefficient (Wildman–Crippen LogP) is 14.4. The van der Waals surface area contributed by atoms with Gasteiger partial charge in [0.05, 0.1) is 11.4 Å². The van der Waals surface area contributed by atoms with Gasteiger partial charge in [-0.15, -0.1) is 10.2 Å². The first-order valence-electron chi connectivity index (χ1n) is 25.2. The van der Waals surface area contributed by atoms with Crippen LogP contribution < -0.4 is 9.80 Å². The van der Waals surface area contributed by atoms with Gasteiger partial charge in [-0.3, -0.25) is 19.2 Å². The van der Waals surface area contributed by atoms with Crippen LogP contribution in [0.1, 0.15) is 48.4 Å². The number of nitrogens with zero attached hydrogens (tertiary/aromatic N) is 6. The lowest BCUT2D eigenvalue weighted by atomic mass is 9.88. The molecule has 0 unspecified atom stereocenters. The van der Waals surface area contributed by atoms with Crippen molar-refractivity contribution in [2.75, 3.05) is 9.80 Å². The highest BCUT2D eigenvalue weighted by Crippen LogP contribution is 2.43. The summed E-state index contributed by atoms with van der Waals surface area (Å²) in [7, 11) is 2.07. The Balaban J connectivity index is 0.680. The van der Waals surface area contributed by atoms with Crippen LogP contribution in [0.5, 0.6) is 0 Å². The highest BCUT2D eigenvalue weighted by atomic mass is 16.4. The molecular formula is C65H40N6O5. The summed E-state index contributed by atoms with van der Waals surface area (Å²) in [4.78, 5) is 59.7. The second-order valence-electron chi connectivity index (χ2n) is 19.5. The first-order chi connectivity index (χ1) is 37.2. The fourth-order valence-electron chi connectivity index (χ4n) is 12.0. The molecule has 0 spiro atoms. The van der Waals surface area contributed by atoms with E-state index >= 15 is 0 Å². The number of carbonyl (C=O) groups is 4. The van der Waals surface area contributed by atoms with Gasteiger partial charge < -0.3 is 13.6 Å². The van der Waals surface area contributed by atoms with Crippen molar-refractivity contribution in [2.45, 2.75) is 13.5 Å². The molecule has 11 nitrogen and oxygen atoms in total. The van der Waals surface area contributed by atoms with E-state index in [4.69, 9.17) is 4.42 Å². The zero-order chi connectivity index (χ0) is 51.1. The lowest BCUT2D eigenvalue weighted by Crippen LogP contribution is -2.40. The minimum absolute atomic E-state index is 0.226. The van der Waals surface area contributed by atoms with Crippen LogP contribution in [0.4, 0.5) is 11.4 Å². The molecule has 15 rings (SSSR count). The van der Waals surface area contributed by atoms with Crippen LogP contribution >= 0.6 is 0 Å². The third kappa shape index (κ3) is 6.10. The van der Waals surface area contributed by atoms with Gasteiger partial charge in [0.1, 0.15) is 0 Å². The molecule has 0 atom stereocenters. The van der Waals surface area contributed by atoms with E-state index in [9.17, 15) is 19.2 Å². The minimum atomic E-state index is -0.411. The average molecular weight is 985 g/mol. The Bertz CT molecular complexity index is 4690. The molecule has 2 aliphatic heterocycles. The third-order valence-corrected chi connectivity index (χ3v) is 15.6. The molecule has 360 valence electrons. The van der Waals surface area contributed by atoms with E-state index in [0.717, 1.165) is 66.9 Å². The Morgan fingerprint density at radius 3 is 1.34 bits per heavy atom. The highest BCUT2D eigenvalue weighted by Gasteiger charge is 2.36. The van der Waals surface area contributed by atoms with Crippen molar-refractivity contribution in [2.24, 2.45) is 7.05 Å². The fraction of sp³-hybridized carbons (Fsp3) is 0.0462. The molecule has 5 heterocycles. The fourth-order valence-corrected chi connectivity index (χ4v) is 12.0. The van der Waals surface area contributed by atoms with Crippen LogP contribution in [0.15, 0.2) is 199 Å². The number of imide groups is 2. The van der Waals surface area contributed by atoms with Gasteiger partial charge in [0, 0.05) is 101 Å². The summed E-state index contributed by atoms with van der Waals surface area (Å²) in [6.45, 7) is 2.97. The van der Waals surface area contributed by atoms with Gasteiger partial charge in [0.15, 0.2) is 0 Å². The summed E-state index contributed by atoms with van der Waals surface area (Å²) in [5.74, 6) is -1.19. The van der Waals surface area contributed by atoms with Crippen molar-refractivity contribution in [3.8, 4) is 45.2 Å². The molecule has 2 aliphatic rings. The SMILES string of the molecule is CCn1c2ccccc2c2ccc(-c3ccc4c5c(cccc35)C(=O)N(c3ccc(-c5nnc(-c6ccc(N7C(=O)c8cccc9c(-c%10ccc%11c(c%10)c%10ccccc%10n%11C)ccc(c89)C7=O)cc6)o5)cc3)C4=O)cc21. The number of aryl methyl sites for hydroxylation is 2. The zero-order valence-corrected chi connectivity index (χ0v) is 40.9. The van der Waals surface area contributed by atoms with Crippen LogP contribution in [-0.2, 0) is 13.6 Å². The molecule has 0 fully saturated rings. The molecule has 3 aromatic heterocycles. The van der Waals surface area contributed by atoms with Crippen molar-refractivity contribution in [1.29, 1.82) is 0 Å². The Labute approximate surface area is 433 Å². The summed E-state index contributed by atoms with van der Waals surface area (Å²) in [6.07, 6.45) is 0. The number of carbonyl (C=O) groups excluding carboxylic acids is 4. The number of para-hydroxylation sites is 2. The second-order valence-corrected chi connectivity index (χ2v) is 19.5. The van der Waals surface area contributed by atoms with E-state index in [1.165, 1.54) is 26.1 Å². The van der Waals surface area contributed by atoms with Crippen molar-refractivity contribution < 1.29 is 23.6 Å². The van der Waals surface area contributed by atoms with Crippen molar-refractivity contribution >= 4 is 100 Å². The van der Waals surface area contributed by atoms with E-state index < -0.39 is 23.6 Å². The molecule has 0 radical (unpaired) electrons. The quantitative estimate of drug-likeness (QED) is 0.146. The van der Waals surface area contributed by atoms with E-state index in [0.29, 0.717) is 55.5 Å². The minimum Gasteiger partial charge on any atom is -0.416 e. The largest absolute Gasteiger partial charge is 0.416 e. The summed E-state index contributed by atoms with van der Waals surface area (Å²) in [5, 5.41) is 16.3. The Kier molecular flexibility index (Phi) is 9.19. The number of fused-ring (bicyclic) bond motifs is 6. The summed E-state index contributed by atoms with van der Waals surface area (Å²) >= 11 is 0. The highest BCUT2D eigenvalue weighted by molar-refractivity contribution is 6.38. The van der Waals surface area contributed by atoms with E-state index in [1.807, 2.05) is 60.7 Å². The topological polar surface area (TPSA) is 124 Å². The van der Waals surface area contributed by atoms with Crippen LogP contribution in [0, 0.1) is 0 Å². The van der Waals surface area contributed by atoms with Gasteiger partial charge in [0.2, 0.25) is 11.8 Å². The first kappa shape index (κ1) is 43.3. The molecule has 13 aromatic rings. The van der Waals surface area contributed by atoms with Gasteiger partial charge in [-0.05, 0) is 143 Å². The number of aromatic nitrogens is 4. The van der Waals surface area contributed by atoms with E-state index in [-0.39, 0.29) is 11.8 Å². The van der Waals surface area contributed by atoms with Crippen molar-refractivity contribution in [3.05, 3.63) is 216 Å². The van der Waals surface area contributed by atoms with Crippen LogP contribution in [0.3, 0.4) is 0 Å². The number of anilines is 2. The van der Waals surface area contributed by atoms with Crippen molar-refractivity contribution in [1.82, 2.24) is 19.3 Å². The summed E-state index contributed by atoms with van der Waals surface area (Å²) < 4.78 is 10.7. The number of hydrogen-bond acceptors (Lipinski definition) is 7. The molecule has 0 aliphatic carbocycles. The summed E-state index contributed by atoms with van der Waals surface area (Å²) in [5.41, 5.74) is 12.2. The van der Waals surface area contributed by atoms with Crippen molar-refractivity contribution in [3.63, 3.8) is 0 Å². The number of amides is 4. The van der Waals surface area contributed by atoms with Crippen LogP contribution in [0.2, 0.25) is 0 Å². The smallest absolute Gasteiger partial charge is 0.265 e. The van der Waals surface area contributed by atoms with Gasteiger partial charge in [-0.1, -0.05) is 91.0 Å². The molecule has 0 N–H and O–H groups in total.